The van der Waals surface area contributed by atoms with Gasteiger partial charge < -0.3 is 25.6 Å². The van der Waals surface area contributed by atoms with Gasteiger partial charge >= 0.3 is 0 Å². The Hall–Kier alpha value is -3.03. The third-order valence-corrected chi connectivity index (χ3v) is 8.83. The Morgan fingerprint density at radius 2 is 1.74 bits per heavy atom. The quantitative estimate of drug-likeness (QED) is 0.342. The standard InChI is InChI=1S/C28H36ClN5O6S.C2H6/c29-23-9-8-21(17-30)22(15-23)18-31-27(36)25-7-4-10-34(25)28(37)24(16-26(35)33-11-13-40-14-12-33)32-41(38,39)19-20-5-2-1-3-6-20;1-2/h1-3,5-6,8-9,15,24-25,32H,4,7,10-14,16-19,30H2,(H,31,36);1-2H3/t24?,25-;/m0./s1. The van der Waals surface area contributed by atoms with E-state index in [1.807, 2.05) is 13.8 Å². The maximum absolute atomic E-state index is 13.8. The zero-order valence-corrected chi connectivity index (χ0v) is 26.3. The Morgan fingerprint density at radius 3 is 2.42 bits per heavy atom. The van der Waals surface area contributed by atoms with Crippen molar-refractivity contribution in [3.8, 4) is 0 Å². The molecule has 2 aliphatic heterocycles. The van der Waals surface area contributed by atoms with Gasteiger partial charge in [0.15, 0.2) is 0 Å². The summed E-state index contributed by atoms with van der Waals surface area (Å²) in [5.41, 5.74) is 7.96. The fraction of sp³-hybridized carbons (Fsp3) is 0.500. The molecule has 4 rings (SSSR count). The molecule has 2 saturated heterocycles. The summed E-state index contributed by atoms with van der Waals surface area (Å²) >= 11 is 6.12. The van der Waals surface area contributed by atoms with E-state index in [1.165, 1.54) is 4.90 Å². The Bertz CT molecular complexity index is 1340. The largest absolute Gasteiger partial charge is 0.378 e. The first-order valence-corrected chi connectivity index (χ1v) is 16.6. The molecular weight excluding hydrogens is 594 g/mol. The number of amides is 3. The number of nitrogens with two attached hydrogens (primary N) is 1. The van der Waals surface area contributed by atoms with Crippen LogP contribution in [0.1, 0.15) is 49.8 Å². The number of hydrogen-bond acceptors (Lipinski definition) is 7. The van der Waals surface area contributed by atoms with Gasteiger partial charge in [-0.3, -0.25) is 14.4 Å². The lowest BCUT2D eigenvalue weighted by atomic mass is 10.1. The second kappa shape index (κ2) is 16.7. The number of rotatable bonds is 11. The van der Waals surface area contributed by atoms with Crippen LogP contribution < -0.4 is 15.8 Å². The predicted molar refractivity (Wildman–Crippen MR) is 165 cm³/mol. The minimum absolute atomic E-state index is 0.174. The first-order chi connectivity index (χ1) is 20.7. The molecule has 2 aromatic carbocycles. The van der Waals surface area contributed by atoms with Crippen LogP contribution in [0.3, 0.4) is 0 Å². The normalized spacial score (nSPS) is 17.5. The molecule has 0 aliphatic carbocycles. The minimum Gasteiger partial charge on any atom is -0.378 e. The number of benzene rings is 2. The maximum Gasteiger partial charge on any atom is 0.243 e. The molecule has 0 radical (unpaired) electrons. The number of likely N-dealkylation sites (tertiary alicyclic amines) is 1. The molecule has 236 valence electrons. The predicted octanol–water partition coefficient (Wildman–Crippen LogP) is 2.17. The Labute approximate surface area is 259 Å². The number of hydrogen-bond donors (Lipinski definition) is 3. The molecule has 2 aliphatic rings. The van der Waals surface area contributed by atoms with E-state index in [2.05, 4.69) is 10.0 Å². The topological polar surface area (TPSA) is 151 Å². The van der Waals surface area contributed by atoms with Crippen molar-refractivity contribution in [2.24, 2.45) is 5.73 Å². The van der Waals surface area contributed by atoms with Crippen LogP contribution in [0.5, 0.6) is 0 Å². The molecule has 2 atom stereocenters. The number of halogens is 1. The van der Waals surface area contributed by atoms with E-state index in [1.54, 1.807) is 53.4 Å². The molecule has 2 aromatic rings. The zero-order chi connectivity index (χ0) is 31.4. The average molecular weight is 636 g/mol. The van der Waals surface area contributed by atoms with Gasteiger partial charge in [0.2, 0.25) is 27.7 Å². The molecule has 2 heterocycles. The first-order valence-electron chi connectivity index (χ1n) is 14.6. The van der Waals surface area contributed by atoms with Crippen molar-refractivity contribution in [1.29, 1.82) is 0 Å². The van der Waals surface area contributed by atoms with Gasteiger partial charge in [-0.2, -0.15) is 0 Å². The highest BCUT2D eigenvalue weighted by Crippen LogP contribution is 2.22. The van der Waals surface area contributed by atoms with E-state index in [0.29, 0.717) is 49.7 Å². The third-order valence-electron chi connectivity index (χ3n) is 7.24. The molecule has 11 nitrogen and oxygen atoms in total. The lowest BCUT2D eigenvalue weighted by Crippen LogP contribution is -2.55. The van der Waals surface area contributed by atoms with Crippen LogP contribution in [0.25, 0.3) is 0 Å². The number of carbonyl (C=O) groups is 3. The number of nitrogens with zero attached hydrogens (tertiary/aromatic N) is 2. The highest BCUT2D eigenvalue weighted by atomic mass is 35.5. The highest BCUT2D eigenvalue weighted by molar-refractivity contribution is 7.88. The van der Waals surface area contributed by atoms with Crippen molar-refractivity contribution in [3.63, 3.8) is 0 Å². The Morgan fingerprint density at radius 1 is 1.05 bits per heavy atom. The van der Waals surface area contributed by atoms with Crippen molar-refractivity contribution in [2.45, 2.75) is 64.0 Å². The van der Waals surface area contributed by atoms with Gasteiger partial charge in [0, 0.05) is 37.7 Å². The third kappa shape index (κ3) is 10.0. The number of ether oxygens (including phenoxy) is 1. The molecule has 0 saturated carbocycles. The molecule has 13 heteroatoms. The molecule has 3 amide bonds. The van der Waals surface area contributed by atoms with Gasteiger partial charge in [0.25, 0.3) is 0 Å². The summed E-state index contributed by atoms with van der Waals surface area (Å²) in [7, 11) is -4.00. The van der Waals surface area contributed by atoms with Gasteiger partial charge in [-0.1, -0.05) is 61.8 Å². The fourth-order valence-electron chi connectivity index (χ4n) is 5.11. The number of morpholine rings is 1. The lowest BCUT2D eigenvalue weighted by Gasteiger charge is -2.31. The first kappa shape index (κ1) is 34.5. The Balaban J connectivity index is 0.00000248. The molecule has 43 heavy (non-hydrogen) atoms. The van der Waals surface area contributed by atoms with Crippen molar-refractivity contribution in [3.05, 3.63) is 70.2 Å². The van der Waals surface area contributed by atoms with E-state index in [0.717, 1.165) is 11.1 Å². The van der Waals surface area contributed by atoms with E-state index in [9.17, 15) is 22.8 Å². The van der Waals surface area contributed by atoms with Crippen LogP contribution in [0.2, 0.25) is 5.02 Å². The van der Waals surface area contributed by atoms with Crippen LogP contribution in [-0.2, 0) is 48.0 Å². The smallest absolute Gasteiger partial charge is 0.243 e. The van der Waals surface area contributed by atoms with Crippen LogP contribution in [0, 0.1) is 0 Å². The van der Waals surface area contributed by atoms with E-state index >= 15 is 0 Å². The van der Waals surface area contributed by atoms with Crippen LogP contribution >= 0.6 is 11.6 Å². The van der Waals surface area contributed by atoms with Crippen molar-refractivity contribution < 1.29 is 27.5 Å². The maximum atomic E-state index is 13.8. The molecular formula is C30H42ClN5O6S. The molecule has 0 aromatic heterocycles. The average Bonchev–Trinajstić information content (AvgIpc) is 3.51. The molecule has 0 bridgehead atoms. The second-order valence-corrected chi connectivity index (χ2v) is 12.3. The monoisotopic (exact) mass is 635 g/mol. The van der Waals surface area contributed by atoms with E-state index < -0.39 is 28.0 Å². The van der Waals surface area contributed by atoms with Crippen LogP contribution in [0.4, 0.5) is 0 Å². The summed E-state index contributed by atoms with van der Waals surface area (Å²) in [4.78, 5) is 43.1. The van der Waals surface area contributed by atoms with Gasteiger partial charge in [0.05, 0.1) is 25.4 Å². The van der Waals surface area contributed by atoms with Crippen LogP contribution in [-0.4, -0.2) is 80.9 Å². The van der Waals surface area contributed by atoms with Gasteiger partial charge in [-0.05, 0) is 41.7 Å². The zero-order valence-electron chi connectivity index (χ0n) is 24.8. The SMILES string of the molecule is CC.NCc1ccc(Cl)cc1CNC(=O)[C@@H]1CCCN1C(=O)C(CC(=O)N1CCOCC1)NS(=O)(=O)Cc1ccccc1. The van der Waals surface area contributed by atoms with Crippen molar-refractivity contribution >= 4 is 39.3 Å². The summed E-state index contributed by atoms with van der Waals surface area (Å²) in [5, 5.41) is 3.38. The number of nitrogens with one attached hydrogen (secondary N) is 2. The van der Waals surface area contributed by atoms with Crippen molar-refractivity contribution in [2.75, 3.05) is 32.8 Å². The van der Waals surface area contributed by atoms with E-state index in [-0.39, 0.29) is 43.6 Å². The number of carbonyl (C=O) groups excluding carboxylic acids is 3. The summed E-state index contributed by atoms with van der Waals surface area (Å²) in [6.07, 6.45) is 0.619. The molecule has 2 fully saturated rings. The van der Waals surface area contributed by atoms with Gasteiger partial charge in [0.1, 0.15) is 12.1 Å². The van der Waals surface area contributed by atoms with Gasteiger partial charge in [-0.25, -0.2) is 13.1 Å². The molecule has 1 unspecified atom stereocenters. The number of sulfonamides is 1. The fourth-order valence-corrected chi connectivity index (χ4v) is 6.64. The lowest BCUT2D eigenvalue weighted by molar-refractivity contribution is -0.143. The summed E-state index contributed by atoms with van der Waals surface area (Å²) in [6.45, 7) is 6.18. The van der Waals surface area contributed by atoms with Crippen LogP contribution in [0.15, 0.2) is 48.5 Å². The van der Waals surface area contributed by atoms with Crippen molar-refractivity contribution in [1.82, 2.24) is 19.8 Å². The highest BCUT2D eigenvalue weighted by Gasteiger charge is 2.39. The summed E-state index contributed by atoms with van der Waals surface area (Å²) in [6, 6.07) is 11.7. The Kier molecular flexibility index (Phi) is 13.4. The second-order valence-electron chi connectivity index (χ2n) is 10.1. The summed E-state index contributed by atoms with van der Waals surface area (Å²) in [5.74, 6) is -1.68. The van der Waals surface area contributed by atoms with E-state index in [4.69, 9.17) is 22.1 Å². The molecule has 4 N–H and O–H groups in total. The summed E-state index contributed by atoms with van der Waals surface area (Å²) < 4.78 is 34.0. The molecule has 0 spiro atoms. The minimum atomic E-state index is -4.00. The van der Waals surface area contributed by atoms with Gasteiger partial charge in [-0.15, -0.1) is 0 Å².